The minimum Gasteiger partial charge on any atom is -0.480 e. The molecule has 18 N–H and O–H groups in total. The van der Waals surface area contributed by atoms with E-state index in [1.54, 1.807) is 88.4 Å². The van der Waals surface area contributed by atoms with Crippen LogP contribution >= 0.6 is 0 Å². The quantitative estimate of drug-likeness (QED) is 0.0212. The second-order valence-corrected chi connectivity index (χ2v) is 21.9. The van der Waals surface area contributed by atoms with E-state index in [4.69, 9.17) is 22.9 Å². The predicted molar refractivity (Wildman–Crippen MR) is 315 cm³/mol. The lowest BCUT2D eigenvalue weighted by atomic mass is 9.94. The van der Waals surface area contributed by atoms with Crippen LogP contribution in [0, 0.1) is 17.8 Å². The number of guanidine groups is 1. The van der Waals surface area contributed by atoms with Gasteiger partial charge in [-0.15, -0.1) is 0 Å². The molecule has 11 atom stereocenters. The van der Waals surface area contributed by atoms with Crippen molar-refractivity contribution in [3.05, 3.63) is 71.8 Å². The van der Waals surface area contributed by atoms with Crippen LogP contribution in [-0.4, -0.2) is 167 Å². The summed E-state index contributed by atoms with van der Waals surface area (Å²) in [5.41, 5.74) is 23.6. The molecule has 0 aliphatic carbocycles. The number of carbonyl (C=O) groups excluding carboxylic acids is 9. The molecule has 2 aromatic rings. The number of aliphatic carboxylic acids is 1. The van der Waals surface area contributed by atoms with E-state index in [0.717, 1.165) is 0 Å². The summed E-state index contributed by atoms with van der Waals surface area (Å²) >= 11 is 0. The van der Waals surface area contributed by atoms with Gasteiger partial charge in [0.2, 0.25) is 53.2 Å². The van der Waals surface area contributed by atoms with Gasteiger partial charge in [0.15, 0.2) is 5.96 Å². The number of hydrogen-bond acceptors (Lipinski definition) is 14. The van der Waals surface area contributed by atoms with Gasteiger partial charge in [0.1, 0.15) is 54.4 Å². The fraction of sp³-hybridized carbons (Fsp3) is 0.603. The Kier molecular flexibility index (Phi) is 30.9. The van der Waals surface area contributed by atoms with Crippen LogP contribution in [0.1, 0.15) is 117 Å². The van der Waals surface area contributed by atoms with Crippen molar-refractivity contribution in [3.8, 4) is 0 Å². The Hall–Kier alpha value is -7.71. The van der Waals surface area contributed by atoms with Gasteiger partial charge in [-0.1, -0.05) is 115 Å². The Bertz CT molecular complexity index is 2500. The van der Waals surface area contributed by atoms with Crippen molar-refractivity contribution in [1.29, 1.82) is 0 Å². The van der Waals surface area contributed by atoms with E-state index in [2.05, 4.69) is 47.5 Å². The van der Waals surface area contributed by atoms with E-state index in [0.29, 0.717) is 49.8 Å². The Morgan fingerprint density at radius 1 is 0.631 bits per heavy atom. The number of hydrogen-bond donors (Lipinski definition) is 14. The number of aliphatic hydroxyl groups is 1. The monoisotopic (exact) mass is 1180 g/mol. The molecule has 26 heteroatoms. The zero-order valence-corrected chi connectivity index (χ0v) is 49.4. The first-order valence-corrected chi connectivity index (χ1v) is 29.1. The third-order valence-electron chi connectivity index (χ3n) is 14.7. The molecular formula is C58H92N14O12. The van der Waals surface area contributed by atoms with E-state index in [-0.39, 0.29) is 69.9 Å². The maximum Gasteiger partial charge on any atom is 0.326 e. The normalized spacial score (nSPS) is 16.5. The summed E-state index contributed by atoms with van der Waals surface area (Å²) in [5.74, 6) is -9.05. The fourth-order valence-electron chi connectivity index (χ4n) is 9.44. The largest absolute Gasteiger partial charge is 0.480 e. The number of carboxylic acids is 1. The van der Waals surface area contributed by atoms with Gasteiger partial charge in [0.05, 0.1) is 13.2 Å². The molecule has 26 nitrogen and oxygen atoms in total. The van der Waals surface area contributed by atoms with Crippen molar-refractivity contribution < 1.29 is 58.2 Å². The molecule has 3 rings (SSSR count). The molecule has 0 radical (unpaired) electrons. The SMILES string of the molecule is CC[C@H](C)[C@H](NC(=O)[C@@H](NC(=O)[C@@H]1CCCN1C(=O)[C@H](CCCCN)NC(=O)CNC(=O)[C@@H](N)CO)[C@@H](C)CC)C(=O)N[C@@H](Cc1ccccc1)C(=O)N[C@@H](Cc1ccccc1)C(=O)N[C@@H](CCCN=C(N)N)C(=O)N[C@@H](CC(C)C)C(=O)O. The molecule has 1 heterocycles. The predicted octanol–water partition coefficient (Wildman–Crippen LogP) is -1.30. The number of carboxylic acid groups (broad SMARTS) is 1. The number of carbonyl (C=O) groups is 10. The van der Waals surface area contributed by atoms with Crippen LogP contribution in [-0.2, 0) is 60.8 Å². The highest BCUT2D eigenvalue weighted by molar-refractivity contribution is 5.98. The first-order valence-electron chi connectivity index (χ1n) is 29.1. The molecule has 1 saturated heterocycles. The van der Waals surface area contributed by atoms with Crippen LogP contribution in [0.25, 0.3) is 0 Å². The van der Waals surface area contributed by atoms with Crippen molar-refractivity contribution in [1.82, 2.24) is 47.4 Å². The van der Waals surface area contributed by atoms with Gasteiger partial charge in [0.25, 0.3) is 0 Å². The fourth-order valence-corrected chi connectivity index (χ4v) is 9.44. The van der Waals surface area contributed by atoms with Gasteiger partial charge in [-0.05, 0) is 86.8 Å². The van der Waals surface area contributed by atoms with E-state index in [1.165, 1.54) is 4.90 Å². The maximum atomic E-state index is 14.8. The Morgan fingerprint density at radius 2 is 1.13 bits per heavy atom. The summed E-state index contributed by atoms with van der Waals surface area (Å²) in [6.07, 6.45) is 2.76. The molecule has 0 saturated carbocycles. The van der Waals surface area contributed by atoms with Crippen LogP contribution in [0.15, 0.2) is 65.7 Å². The van der Waals surface area contributed by atoms with Gasteiger partial charge in [-0.25, -0.2) is 4.79 Å². The lowest BCUT2D eigenvalue weighted by Gasteiger charge is -2.32. The average Bonchev–Trinajstić information content (AvgIpc) is 3.78. The Morgan fingerprint density at radius 3 is 1.64 bits per heavy atom. The lowest BCUT2D eigenvalue weighted by Crippen LogP contribution is -2.62. The van der Waals surface area contributed by atoms with Crippen molar-refractivity contribution in [2.75, 3.05) is 32.8 Å². The van der Waals surface area contributed by atoms with Crippen molar-refractivity contribution in [2.45, 2.75) is 173 Å². The highest BCUT2D eigenvalue weighted by atomic mass is 16.4. The molecule has 0 aromatic heterocycles. The lowest BCUT2D eigenvalue weighted by molar-refractivity contribution is -0.143. The van der Waals surface area contributed by atoms with Crippen molar-refractivity contribution in [2.24, 2.45) is 45.7 Å². The van der Waals surface area contributed by atoms with E-state index >= 15 is 0 Å². The minimum atomic E-state index is -1.36. The number of nitrogens with one attached hydrogen (secondary N) is 8. The molecule has 466 valence electrons. The average molecular weight is 1180 g/mol. The molecule has 0 spiro atoms. The van der Waals surface area contributed by atoms with Crippen molar-refractivity contribution in [3.63, 3.8) is 0 Å². The number of unbranched alkanes of at least 4 members (excludes halogenated alkanes) is 1. The van der Waals surface area contributed by atoms with Gasteiger partial charge < -0.3 is 80.6 Å². The molecule has 9 amide bonds. The summed E-state index contributed by atoms with van der Waals surface area (Å²) in [4.78, 5) is 144. The molecule has 0 bridgehead atoms. The number of nitrogens with zero attached hydrogens (tertiary/aromatic N) is 2. The van der Waals surface area contributed by atoms with Crippen LogP contribution in [0.5, 0.6) is 0 Å². The Balaban J connectivity index is 1.95. The van der Waals surface area contributed by atoms with Gasteiger partial charge in [-0.3, -0.25) is 48.1 Å². The first-order chi connectivity index (χ1) is 39.9. The second kappa shape index (κ2) is 36.8. The zero-order chi connectivity index (χ0) is 62.5. The highest BCUT2D eigenvalue weighted by Gasteiger charge is 2.41. The van der Waals surface area contributed by atoms with Crippen LogP contribution in [0.3, 0.4) is 0 Å². The highest BCUT2D eigenvalue weighted by Crippen LogP contribution is 2.22. The first kappa shape index (κ1) is 70.6. The molecule has 2 aromatic carbocycles. The third-order valence-corrected chi connectivity index (χ3v) is 14.7. The number of rotatable bonds is 37. The topological polar surface area (TPSA) is 427 Å². The van der Waals surface area contributed by atoms with E-state index < -0.39 is 138 Å². The number of aliphatic imine (C=N–C) groups is 1. The zero-order valence-electron chi connectivity index (χ0n) is 49.4. The van der Waals surface area contributed by atoms with Gasteiger partial charge >= 0.3 is 5.97 Å². The number of benzene rings is 2. The van der Waals surface area contributed by atoms with Gasteiger partial charge in [-0.2, -0.15) is 0 Å². The number of nitrogens with two attached hydrogens (primary N) is 4. The third kappa shape index (κ3) is 23.9. The van der Waals surface area contributed by atoms with E-state index in [1.807, 2.05) is 13.8 Å². The van der Waals surface area contributed by atoms with Crippen LogP contribution in [0.2, 0.25) is 0 Å². The molecule has 0 unspecified atom stereocenters. The van der Waals surface area contributed by atoms with Crippen LogP contribution in [0.4, 0.5) is 0 Å². The number of aliphatic hydroxyl groups excluding tert-OH is 1. The molecular weight excluding hydrogens is 1080 g/mol. The molecule has 1 aliphatic heterocycles. The standard InChI is InChI=1S/C58H92N14O12/c1-7-35(5)47(71-55(81)48(36(6)8-2)70-53(79)45-25-18-28-72(45)56(82)41(23-15-16-26-59)65-46(74)32-64-49(75)39(60)33-73)54(80)68-43(31-38-21-13-10-14-22-38)52(78)67-42(30-37-19-11-9-12-20-37)51(77)66-40(24-17-27-63-58(61)62)50(76)69-44(57(83)84)29-34(3)4/h9-14,19-22,34-36,39-45,47-48,73H,7-8,15-18,23-33,59-60H2,1-6H3,(H,64,75)(H,65,74)(H,66,77)(H,67,78)(H,68,80)(H,69,76)(H,70,79)(H,71,81)(H,83,84)(H4,61,62,63)/t35-,36-,39-,40-,41-,42-,43-,44-,45-,47-,48-/m0/s1. The summed E-state index contributed by atoms with van der Waals surface area (Å²) in [7, 11) is 0. The second-order valence-electron chi connectivity index (χ2n) is 21.9. The summed E-state index contributed by atoms with van der Waals surface area (Å²) in [6.45, 7) is 10.1. The number of amides is 9. The minimum absolute atomic E-state index is 0.0177. The summed E-state index contributed by atoms with van der Waals surface area (Å²) in [5, 5.41) is 40.7. The van der Waals surface area contributed by atoms with E-state index in [9.17, 15) is 58.2 Å². The molecule has 1 aliphatic rings. The van der Waals surface area contributed by atoms with Crippen LogP contribution < -0.4 is 65.5 Å². The van der Waals surface area contributed by atoms with Gasteiger partial charge in [0, 0.05) is 25.9 Å². The maximum absolute atomic E-state index is 14.8. The smallest absolute Gasteiger partial charge is 0.326 e. The molecule has 1 fully saturated rings. The van der Waals surface area contributed by atoms with Crippen molar-refractivity contribution >= 4 is 65.1 Å². The number of likely N-dealkylation sites (tertiary alicyclic amines) is 1. The molecule has 84 heavy (non-hydrogen) atoms. The Labute approximate surface area is 492 Å². The summed E-state index contributed by atoms with van der Waals surface area (Å²) in [6, 6.07) is 6.38. The summed E-state index contributed by atoms with van der Waals surface area (Å²) < 4.78 is 0.